The molecule has 0 aliphatic heterocycles. The number of hydrogen-bond donors (Lipinski definition) is 1. The summed E-state index contributed by atoms with van der Waals surface area (Å²) in [5.74, 6) is 0. The summed E-state index contributed by atoms with van der Waals surface area (Å²) in [6.45, 7) is 3.16. The number of hydrogen-bond acceptors (Lipinski definition) is 2. The summed E-state index contributed by atoms with van der Waals surface area (Å²) in [6.07, 6.45) is 4.68. The van der Waals surface area contributed by atoms with Crippen LogP contribution >= 0.6 is 15.9 Å². The first-order valence-electron chi connectivity index (χ1n) is 6.73. The Balaban J connectivity index is 2.08. The predicted molar refractivity (Wildman–Crippen MR) is 78.9 cm³/mol. The summed E-state index contributed by atoms with van der Waals surface area (Å²) < 4.78 is 6.95. The monoisotopic (exact) mass is 311 g/mol. The molecule has 0 aromatic heterocycles. The van der Waals surface area contributed by atoms with Crippen molar-refractivity contribution in [1.29, 1.82) is 0 Å². The van der Waals surface area contributed by atoms with Gasteiger partial charge in [0.2, 0.25) is 0 Å². The summed E-state index contributed by atoms with van der Waals surface area (Å²) in [7, 11) is 1.85. The molecular formula is C15H22BrNO. The molecule has 18 heavy (non-hydrogen) atoms. The summed E-state index contributed by atoms with van der Waals surface area (Å²) in [6, 6.07) is 9.02. The lowest BCUT2D eigenvalue weighted by Crippen LogP contribution is -2.57. The lowest BCUT2D eigenvalue weighted by Gasteiger charge is -2.47. The van der Waals surface area contributed by atoms with Gasteiger partial charge < -0.3 is 10.1 Å². The zero-order valence-corrected chi connectivity index (χ0v) is 12.8. The fourth-order valence-corrected chi connectivity index (χ4v) is 3.03. The Labute approximate surface area is 118 Å². The zero-order valence-electron chi connectivity index (χ0n) is 11.2. The van der Waals surface area contributed by atoms with E-state index in [1.807, 2.05) is 7.11 Å². The molecule has 1 aliphatic carbocycles. The second-order valence-electron chi connectivity index (χ2n) is 5.06. The van der Waals surface area contributed by atoms with Crippen LogP contribution in [0.25, 0.3) is 0 Å². The molecule has 0 radical (unpaired) electrons. The Morgan fingerprint density at radius 3 is 2.44 bits per heavy atom. The molecule has 1 N–H and O–H groups in total. The molecule has 0 saturated heterocycles. The number of ether oxygens (including phenoxy) is 1. The highest BCUT2D eigenvalue weighted by molar-refractivity contribution is 9.10. The molecule has 0 heterocycles. The molecule has 1 aromatic rings. The minimum absolute atomic E-state index is 0.0586. The maximum absolute atomic E-state index is 5.81. The highest BCUT2D eigenvalue weighted by atomic mass is 79.9. The van der Waals surface area contributed by atoms with E-state index in [4.69, 9.17) is 4.74 Å². The van der Waals surface area contributed by atoms with E-state index in [1.165, 1.54) is 24.8 Å². The molecule has 1 aliphatic rings. The van der Waals surface area contributed by atoms with Gasteiger partial charge in [-0.25, -0.2) is 0 Å². The second-order valence-corrected chi connectivity index (χ2v) is 5.98. The zero-order chi connectivity index (χ0) is 13.0. The lowest BCUT2D eigenvalue weighted by atomic mass is 9.72. The summed E-state index contributed by atoms with van der Waals surface area (Å²) in [5, 5.41) is 3.60. The molecule has 1 aromatic carbocycles. The van der Waals surface area contributed by atoms with E-state index in [9.17, 15) is 0 Å². The summed E-state index contributed by atoms with van der Waals surface area (Å²) in [4.78, 5) is 0. The number of nitrogens with one attached hydrogen (secondary N) is 1. The molecule has 2 nitrogen and oxygen atoms in total. The maximum atomic E-state index is 5.81. The average Bonchev–Trinajstić information content (AvgIpc) is 2.31. The van der Waals surface area contributed by atoms with E-state index in [0.29, 0.717) is 6.04 Å². The van der Waals surface area contributed by atoms with Crippen LogP contribution in [0, 0.1) is 0 Å². The van der Waals surface area contributed by atoms with Crippen molar-refractivity contribution in [2.24, 2.45) is 0 Å². The Morgan fingerprint density at radius 1 is 1.33 bits per heavy atom. The van der Waals surface area contributed by atoms with Gasteiger partial charge in [0.05, 0.1) is 5.60 Å². The third-order valence-corrected chi connectivity index (χ3v) is 4.57. The fraction of sp³-hybridized carbons (Fsp3) is 0.600. The van der Waals surface area contributed by atoms with E-state index in [-0.39, 0.29) is 5.60 Å². The SMILES string of the molecule is CCNC(Cc1ccc(Br)cc1)C1(OC)CCC1. The Hall–Kier alpha value is -0.380. The van der Waals surface area contributed by atoms with Crippen molar-refractivity contribution >= 4 is 15.9 Å². The molecule has 0 bridgehead atoms. The van der Waals surface area contributed by atoms with Gasteiger partial charge in [-0.2, -0.15) is 0 Å². The van der Waals surface area contributed by atoms with Crippen LogP contribution < -0.4 is 5.32 Å². The van der Waals surface area contributed by atoms with Crippen molar-refractivity contribution in [3.63, 3.8) is 0 Å². The minimum Gasteiger partial charge on any atom is -0.377 e. The van der Waals surface area contributed by atoms with Crippen LogP contribution in [0.4, 0.5) is 0 Å². The number of halogens is 1. The highest BCUT2D eigenvalue weighted by Crippen LogP contribution is 2.39. The Kier molecular flexibility index (Phi) is 4.82. The number of methoxy groups -OCH3 is 1. The normalized spacial score (nSPS) is 19.3. The van der Waals surface area contributed by atoms with Crippen LogP contribution in [0.15, 0.2) is 28.7 Å². The second kappa shape index (κ2) is 6.18. The average molecular weight is 312 g/mol. The van der Waals surface area contributed by atoms with Gasteiger partial charge in [-0.15, -0.1) is 0 Å². The van der Waals surface area contributed by atoms with E-state index in [0.717, 1.165) is 17.4 Å². The molecular weight excluding hydrogens is 290 g/mol. The molecule has 100 valence electrons. The molecule has 1 saturated carbocycles. The van der Waals surface area contributed by atoms with Crippen LogP contribution in [-0.4, -0.2) is 25.3 Å². The summed E-state index contributed by atoms with van der Waals surface area (Å²) >= 11 is 3.48. The van der Waals surface area contributed by atoms with Gasteiger partial charge in [-0.05, 0) is 49.9 Å². The number of benzene rings is 1. The maximum Gasteiger partial charge on any atom is 0.0834 e. The van der Waals surface area contributed by atoms with E-state index in [1.54, 1.807) is 0 Å². The van der Waals surface area contributed by atoms with Gasteiger partial charge in [0.25, 0.3) is 0 Å². The highest BCUT2D eigenvalue weighted by Gasteiger charge is 2.43. The van der Waals surface area contributed by atoms with Crippen LogP contribution in [0.5, 0.6) is 0 Å². The van der Waals surface area contributed by atoms with Crippen LogP contribution in [0.1, 0.15) is 31.7 Å². The van der Waals surface area contributed by atoms with Crippen LogP contribution in [0.2, 0.25) is 0 Å². The topological polar surface area (TPSA) is 21.3 Å². The van der Waals surface area contributed by atoms with Gasteiger partial charge in [-0.1, -0.05) is 35.0 Å². The molecule has 0 amide bonds. The van der Waals surface area contributed by atoms with Crippen molar-refractivity contribution in [2.45, 2.75) is 44.2 Å². The Bertz CT molecular complexity index is 367. The molecule has 3 heteroatoms. The first-order valence-corrected chi connectivity index (χ1v) is 7.52. The van der Waals surface area contributed by atoms with E-state index >= 15 is 0 Å². The van der Waals surface area contributed by atoms with Gasteiger partial charge in [0.1, 0.15) is 0 Å². The largest absolute Gasteiger partial charge is 0.377 e. The molecule has 1 fully saturated rings. The van der Waals surface area contributed by atoms with Gasteiger partial charge in [0, 0.05) is 17.6 Å². The standard InChI is InChI=1S/C15H22BrNO/c1-3-17-14(15(18-2)9-4-10-15)11-12-5-7-13(16)8-6-12/h5-8,14,17H,3-4,9-11H2,1-2H3. The van der Waals surface area contributed by atoms with E-state index < -0.39 is 0 Å². The number of likely N-dealkylation sites (N-methyl/N-ethyl adjacent to an activating group) is 1. The Morgan fingerprint density at radius 2 is 2.00 bits per heavy atom. The fourth-order valence-electron chi connectivity index (χ4n) is 2.77. The van der Waals surface area contributed by atoms with Crippen LogP contribution in [-0.2, 0) is 11.2 Å². The van der Waals surface area contributed by atoms with Crippen molar-refractivity contribution in [1.82, 2.24) is 5.32 Å². The van der Waals surface area contributed by atoms with Crippen molar-refractivity contribution in [2.75, 3.05) is 13.7 Å². The van der Waals surface area contributed by atoms with Crippen LogP contribution in [0.3, 0.4) is 0 Å². The molecule has 1 atom stereocenters. The molecule has 2 rings (SSSR count). The third kappa shape index (κ3) is 2.95. The lowest BCUT2D eigenvalue weighted by molar-refractivity contribution is -0.0978. The quantitative estimate of drug-likeness (QED) is 0.867. The van der Waals surface area contributed by atoms with E-state index in [2.05, 4.69) is 52.4 Å². The molecule has 0 spiro atoms. The summed E-state index contributed by atoms with van der Waals surface area (Å²) in [5.41, 5.74) is 1.43. The number of rotatable bonds is 6. The van der Waals surface area contributed by atoms with Gasteiger partial charge in [0.15, 0.2) is 0 Å². The van der Waals surface area contributed by atoms with Crippen molar-refractivity contribution in [3.05, 3.63) is 34.3 Å². The van der Waals surface area contributed by atoms with Gasteiger partial charge >= 0.3 is 0 Å². The predicted octanol–water partition coefficient (Wildman–Crippen LogP) is 3.54. The first-order chi connectivity index (χ1) is 8.70. The first kappa shape index (κ1) is 14.0. The third-order valence-electron chi connectivity index (χ3n) is 4.05. The smallest absolute Gasteiger partial charge is 0.0834 e. The molecule has 1 unspecified atom stereocenters. The van der Waals surface area contributed by atoms with Crippen molar-refractivity contribution in [3.8, 4) is 0 Å². The van der Waals surface area contributed by atoms with Gasteiger partial charge in [-0.3, -0.25) is 0 Å². The minimum atomic E-state index is 0.0586. The van der Waals surface area contributed by atoms with Crippen molar-refractivity contribution < 1.29 is 4.74 Å².